The molecule has 0 bridgehead atoms. The number of oxime groups is 1. The summed E-state index contributed by atoms with van der Waals surface area (Å²) in [6, 6.07) is 9.56. The molecular formula is C32H32FN5O5S. The quantitative estimate of drug-likeness (QED) is 0.117. The number of allylic oxidation sites excluding steroid dienone is 2. The maximum Gasteiger partial charge on any atom is 0.250 e. The molecule has 2 aromatic carbocycles. The lowest BCUT2D eigenvalue weighted by Crippen LogP contribution is -2.48. The van der Waals surface area contributed by atoms with Gasteiger partial charge in [0.05, 0.1) is 22.9 Å². The van der Waals surface area contributed by atoms with Gasteiger partial charge in [-0.2, -0.15) is 0 Å². The Morgan fingerprint density at radius 1 is 1.23 bits per heavy atom. The van der Waals surface area contributed by atoms with Crippen molar-refractivity contribution in [2.24, 2.45) is 10.1 Å². The number of aromatic hydroxyl groups is 2. The number of carbonyl (C=O) groups is 2. The highest BCUT2D eigenvalue weighted by Crippen LogP contribution is 2.47. The van der Waals surface area contributed by atoms with Crippen LogP contribution in [-0.4, -0.2) is 62.7 Å². The van der Waals surface area contributed by atoms with Crippen LogP contribution in [0.3, 0.4) is 0 Å². The molecule has 0 saturated heterocycles. The minimum absolute atomic E-state index is 0.0420. The standard InChI is InChI=1S/C32H32FN5O5S/c1-5-27(42)37-15-19(3)38(16-18(37)2)31(35-29-21(20-12-13-20)8-6-11-26(29)44-4)22-14-23(33)30(36-43-32(22)34-17-39)28-24(40)9-7-10-25(28)41/h5-11,14,16-17,19-20,40-41H,1,12-13,15H2,2-4H3,(H,34,39)/b35-31+. The zero-order valence-corrected chi connectivity index (χ0v) is 25.3. The first-order chi connectivity index (χ1) is 21.2. The van der Waals surface area contributed by atoms with Crippen LogP contribution in [0.5, 0.6) is 11.5 Å². The van der Waals surface area contributed by atoms with Crippen LogP contribution in [0.25, 0.3) is 0 Å². The lowest BCUT2D eigenvalue weighted by molar-refractivity contribution is -0.125. The van der Waals surface area contributed by atoms with Crippen molar-refractivity contribution in [3.63, 3.8) is 0 Å². The van der Waals surface area contributed by atoms with Crippen LogP contribution in [0.1, 0.15) is 43.7 Å². The van der Waals surface area contributed by atoms with Crippen LogP contribution in [0.2, 0.25) is 0 Å². The largest absolute Gasteiger partial charge is 0.507 e. The molecule has 1 aliphatic carbocycles. The summed E-state index contributed by atoms with van der Waals surface area (Å²) in [6.07, 6.45) is 8.42. The Bertz CT molecular complexity index is 1660. The lowest BCUT2D eigenvalue weighted by atomic mass is 10.0. The molecule has 0 aromatic heterocycles. The predicted octanol–water partition coefficient (Wildman–Crippen LogP) is 5.55. The highest BCUT2D eigenvalue weighted by molar-refractivity contribution is 7.98. The van der Waals surface area contributed by atoms with Crippen molar-refractivity contribution in [2.75, 3.05) is 12.8 Å². The zero-order chi connectivity index (χ0) is 31.5. The number of phenolic OH excluding ortho intramolecular Hbond substituents is 2. The van der Waals surface area contributed by atoms with Gasteiger partial charge in [0.25, 0.3) is 0 Å². The second-order valence-corrected chi connectivity index (χ2v) is 11.3. The highest BCUT2D eigenvalue weighted by Gasteiger charge is 2.34. The number of rotatable bonds is 8. The van der Waals surface area contributed by atoms with Crippen molar-refractivity contribution in [2.45, 2.75) is 43.5 Å². The number of hydrogen-bond acceptors (Lipinski definition) is 8. The SMILES string of the molecule is C=CC(=O)N1CC(C)N(/C(=N/c2c(SC)cccc2C2CC2)C2=C(NC=O)ON=C(c3c(O)cccc3O)C(F)=C2)C=C1C. The number of phenols is 2. The first-order valence-corrected chi connectivity index (χ1v) is 15.2. The number of aliphatic imine (C=N–C) groups is 1. The second kappa shape index (κ2) is 12.8. The summed E-state index contributed by atoms with van der Waals surface area (Å²) in [7, 11) is 0. The van der Waals surface area contributed by atoms with Crippen LogP contribution < -0.4 is 5.32 Å². The predicted molar refractivity (Wildman–Crippen MR) is 167 cm³/mol. The van der Waals surface area contributed by atoms with Gasteiger partial charge in [-0.1, -0.05) is 29.9 Å². The maximum atomic E-state index is 16.2. The molecule has 10 nitrogen and oxygen atoms in total. The molecule has 3 N–H and O–H groups in total. The highest BCUT2D eigenvalue weighted by atomic mass is 32.2. The third-order valence-corrected chi connectivity index (χ3v) is 8.27. The van der Waals surface area contributed by atoms with Crippen LogP contribution in [-0.2, 0) is 14.4 Å². The fourth-order valence-electron chi connectivity index (χ4n) is 5.15. The van der Waals surface area contributed by atoms with Crippen molar-refractivity contribution < 1.29 is 29.0 Å². The van der Waals surface area contributed by atoms with E-state index in [4.69, 9.17) is 9.83 Å². The van der Waals surface area contributed by atoms with E-state index >= 15 is 4.39 Å². The Hall–Kier alpha value is -4.84. The van der Waals surface area contributed by atoms with Crippen molar-refractivity contribution in [1.29, 1.82) is 0 Å². The topological polar surface area (TPSA) is 127 Å². The summed E-state index contributed by atoms with van der Waals surface area (Å²) in [5.74, 6) is -1.73. The van der Waals surface area contributed by atoms with Crippen molar-refractivity contribution in [3.05, 3.63) is 95.4 Å². The van der Waals surface area contributed by atoms with Crippen LogP contribution in [0.4, 0.5) is 10.1 Å². The molecule has 2 amide bonds. The number of thioether (sulfide) groups is 1. The van der Waals surface area contributed by atoms with E-state index in [2.05, 4.69) is 17.1 Å². The Balaban J connectivity index is 1.75. The molecular weight excluding hydrogens is 585 g/mol. The van der Waals surface area contributed by atoms with Gasteiger partial charge in [-0.3, -0.25) is 14.9 Å². The zero-order valence-electron chi connectivity index (χ0n) is 24.5. The number of halogens is 1. The van der Waals surface area contributed by atoms with Gasteiger partial charge in [0.15, 0.2) is 11.5 Å². The number of hydrogen-bond donors (Lipinski definition) is 3. The van der Waals surface area contributed by atoms with E-state index in [0.29, 0.717) is 23.7 Å². The third kappa shape index (κ3) is 5.98. The van der Waals surface area contributed by atoms with Gasteiger partial charge in [-0.05, 0) is 74.8 Å². The Labute approximate surface area is 258 Å². The van der Waals surface area contributed by atoms with Gasteiger partial charge >= 0.3 is 0 Å². The molecule has 228 valence electrons. The van der Waals surface area contributed by atoms with Gasteiger partial charge in [0, 0.05) is 23.3 Å². The number of para-hydroxylation sites is 1. The molecule has 2 aromatic rings. The monoisotopic (exact) mass is 617 g/mol. The fourth-order valence-corrected chi connectivity index (χ4v) is 5.72. The van der Waals surface area contributed by atoms with Gasteiger partial charge in [0.2, 0.25) is 18.2 Å². The normalized spacial score (nSPS) is 19.0. The van der Waals surface area contributed by atoms with E-state index in [1.54, 1.807) is 22.9 Å². The van der Waals surface area contributed by atoms with Gasteiger partial charge < -0.3 is 24.9 Å². The molecule has 44 heavy (non-hydrogen) atoms. The van der Waals surface area contributed by atoms with Gasteiger partial charge in [0.1, 0.15) is 17.3 Å². The van der Waals surface area contributed by atoms with Crippen molar-refractivity contribution in [1.82, 2.24) is 15.1 Å². The molecule has 1 atom stereocenters. The number of nitrogens with zero attached hydrogens (tertiary/aromatic N) is 4. The molecule has 0 radical (unpaired) electrons. The molecule has 12 heteroatoms. The summed E-state index contributed by atoms with van der Waals surface area (Å²) in [5.41, 5.74) is 1.63. The summed E-state index contributed by atoms with van der Waals surface area (Å²) < 4.78 is 16.2. The van der Waals surface area contributed by atoms with E-state index in [-0.39, 0.29) is 41.3 Å². The van der Waals surface area contributed by atoms with E-state index in [0.717, 1.165) is 29.4 Å². The maximum absolute atomic E-state index is 16.2. The molecule has 1 unspecified atom stereocenters. The van der Waals surface area contributed by atoms with Crippen molar-refractivity contribution >= 4 is 41.3 Å². The summed E-state index contributed by atoms with van der Waals surface area (Å²) >= 11 is 1.52. The van der Waals surface area contributed by atoms with E-state index in [1.165, 1.54) is 36.0 Å². The minimum atomic E-state index is -0.957. The molecule has 1 saturated carbocycles. The molecule has 5 rings (SSSR count). The number of nitrogens with one attached hydrogen (secondary N) is 1. The summed E-state index contributed by atoms with van der Waals surface area (Å²) in [4.78, 5) is 39.4. The minimum Gasteiger partial charge on any atom is -0.507 e. The van der Waals surface area contributed by atoms with Crippen LogP contribution in [0.15, 0.2) is 99.4 Å². The molecule has 2 heterocycles. The average Bonchev–Trinajstić information content (AvgIpc) is 3.86. The number of amidine groups is 1. The summed E-state index contributed by atoms with van der Waals surface area (Å²) in [6.45, 7) is 7.53. The molecule has 2 aliphatic heterocycles. The molecule has 3 aliphatic rings. The van der Waals surface area contributed by atoms with Gasteiger partial charge in [-0.25, -0.2) is 9.38 Å². The molecule has 1 fully saturated rings. The Morgan fingerprint density at radius 3 is 2.57 bits per heavy atom. The Morgan fingerprint density at radius 2 is 1.93 bits per heavy atom. The van der Waals surface area contributed by atoms with Crippen LogP contribution >= 0.6 is 11.8 Å². The van der Waals surface area contributed by atoms with Crippen molar-refractivity contribution in [3.8, 4) is 11.5 Å². The lowest BCUT2D eigenvalue weighted by Gasteiger charge is -2.39. The third-order valence-electron chi connectivity index (χ3n) is 7.50. The Kier molecular flexibility index (Phi) is 8.91. The summed E-state index contributed by atoms with van der Waals surface area (Å²) in [5, 5.41) is 27.2. The number of carbonyl (C=O) groups excluding carboxylic acids is 2. The van der Waals surface area contributed by atoms with Crippen LogP contribution in [0, 0.1) is 0 Å². The number of benzene rings is 2. The first kappa shape index (κ1) is 30.6. The average molecular weight is 618 g/mol. The van der Waals surface area contributed by atoms with Gasteiger partial charge in [-0.15, -0.1) is 11.8 Å². The van der Waals surface area contributed by atoms with E-state index in [1.807, 2.05) is 31.4 Å². The smallest absolute Gasteiger partial charge is 0.250 e. The van der Waals surface area contributed by atoms with E-state index < -0.39 is 23.0 Å². The van der Waals surface area contributed by atoms with E-state index in [9.17, 15) is 19.8 Å². The first-order valence-electron chi connectivity index (χ1n) is 13.9. The fraction of sp³-hybridized carbons (Fsp3) is 0.250. The number of amides is 2. The molecule has 0 spiro atoms. The second-order valence-electron chi connectivity index (χ2n) is 10.5.